The number of carboxylic acid groups (broad SMARTS) is 1. The van der Waals surface area contributed by atoms with E-state index >= 15 is 0 Å². The highest BCUT2D eigenvalue weighted by molar-refractivity contribution is 7.89. The van der Waals surface area contributed by atoms with Crippen LogP contribution in [0.15, 0.2) is 4.90 Å². The summed E-state index contributed by atoms with van der Waals surface area (Å²) in [5.41, 5.74) is 0.560. The van der Waals surface area contributed by atoms with Crippen LogP contribution in [0.4, 0.5) is 0 Å². The molecule has 2 aliphatic heterocycles. The van der Waals surface area contributed by atoms with E-state index in [1.807, 2.05) is 0 Å². The predicted octanol–water partition coefficient (Wildman–Crippen LogP) is 0.882. The van der Waals surface area contributed by atoms with Gasteiger partial charge in [-0.2, -0.15) is 4.31 Å². The maximum absolute atomic E-state index is 12.8. The van der Waals surface area contributed by atoms with Crippen LogP contribution in [0.1, 0.15) is 34.6 Å². The van der Waals surface area contributed by atoms with Crippen LogP contribution in [0.5, 0.6) is 0 Å². The number of aromatic nitrogens is 1. The minimum atomic E-state index is -3.70. The van der Waals surface area contributed by atoms with E-state index < -0.39 is 16.0 Å². The topological polar surface area (TPSA) is 99.7 Å². The van der Waals surface area contributed by atoms with Gasteiger partial charge in [0.15, 0.2) is 0 Å². The van der Waals surface area contributed by atoms with Crippen LogP contribution in [-0.4, -0.2) is 54.1 Å². The van der Waals surface area contributed by atoms with E-state index in [0.29, 0.717) is 18.8 Å². The Morgan fingerprint density at radius 2 is 1.86 bits per heavy atom. The van der Waals surface area contributed by atoms with Crippen LogP contribution >= 0.6 is 0 Å². The van der Waals surface area contributed by atoms with E-state index in [-0.39, 0.29) is 28.4 Å². The number of carbonyl (C=O) groups is 1. The van der Waals surface area contributed by atoms with E-state index in [2.05, 4.69) is 4.98 Å². The fraction of sp³-hybridized carbons (Fsp3) is 0.615. The summed E-state index contributed by atoms with van der Waals surface area (Å²) in [7, 11) is -3.70. The summed E-state index contributed by atoms with van der Waals surface area (Å²) in [5.74, 6) is -1.15. The third-order valence-electron chi connectivity index (χ3n) is 4.19. The second-order valence-electron chi connectivity index (χ2n) is 5.66. The van der Waals surface area contributed by atoms with Gasteiger partial charge in [0.2, 0.25) is 10.0 Å². The Labute approximate surface area is 123 Å². The lowest BCUT2D eigenvalue weighted by Gasteiger charge is -2.31. The van der Waals surface area contributed by atoms with Crippen molar-refractivity contribution in [2.24, 2.45) is 0 Å². The summed E-state index contributed by atoms with van der Waals surface area (Å²) in [6.45, 7) is 3.78. The predicted molar refractivity (Wildman–Crippen MR) is 73.9 cm³/mol. The lowest BCUT2D eigenvalue weighted by molar-refractivity contribution is -0.0114. The number of aromatic carboxylic acids is 1. The molecule has 0 aliphatic carbocycles. The van der Waals surface area contributed by atoms with Gasteiger partial charge in [0, 0.05) is 24.3 Å². The van der Waals surface area contributed by atoms with Crippen molar-refractivity contribution in [1.82, 2.24) is 9.29 Å². The van der Waals surface area contributed by atoms with Gasteiger partial charge in [0.25, 0.3) is 0 Å². The number of hydrogen-bond donors (Lipinski definition) is 2. The zero-order chi connectivity index (χ0) is 15.4. The molecule has 3 rings (SSSR count). The van der Waals surface area contributed by atoms with E-state index in [1.54, 1.807) is 6.92 Å². The molecule has 0 radical (unpaired) electrons. The number of ether oxygens (including phenoxy) is 1. The highest BCUT2D eigenvalue weighted by atomic mass is 32.2. The first-order chi connectivity index (χ1) is 9.80. The van der Waals surface area contributed by atoms with Gasteiger partial charge in [0.05, 0.1) is 12.2 Å². The third kappa shape index (κ3) is 2.27. The van der Waals surface area contributed by atoms with Gasteiger partial charge >= 0.3 is 5.97 Å². The minimum Gasteiger partial charge on any atom is -0.477 e. The first-order valence-electron chi connectivity index (χ1n) is 6.88. The highest BCUT2D eigenvalue weighted by Crippen LogP contribution is 2.32. The fourth-order valence-electron chi connectivity index (χ4n) is 3.24. The number of morpholine rings is 1. The number of nitrogens with one attached hydrogen (secondary N) is 1. The number of aromatic amines is 1. The molecule has 0 aromatic carbocycles. The fourth-order valence-corrected chi connectivity index (χ4v) is 5.15. The molecule has 116 valence electrons. The Balaban J connectivity index is 2.01. The smallest absolute Gasteiger partial charge is 0.352 e. The summed E-state index contributed by atoms with van der Waals surface area (Å²) in [4.78, 5) is 13.9. The Kier molecular flexibility index (Phi) is 3.34. The average molecular weight is 314 g/mol. The molecule has 2 atom stereocenters. The Morgan fingerprint density at radius 1 is 1.29 bits per heavy atom. The maximum Gasteiger partial charge on any atom is 0.352 e. The summed E-state index contributed by atoms with van der Waals surface area (Å²) < 4.78 is 32.8. The molecule has 3 heterocycles. The van der Waals surface area contributed by atoms with Gasteiger partial charge in [-0.15, -0.1) is 0 Å². The third-order valence-corrected chi connectivity index (χ3v) is 6.30. The highest BCUT2D eigenvalue weighted by Gasteiger charge is 2.41. The van der Waals surface area contributed by atoms with E-state index in [0.717, 1.165) is 12.8 Å². The van der Waals surface area contributed by atoms with Gasteiger partial charge in [-0.25, -0.2) is 13.2 Å². The van der Waals surface area contributed by atoms with Crippen LogP contribution in [0.2, 0.25) is 0 Å². The van der Waals surface area contributed by atoms with Crippen molar-refractivity contribution in [3.8, 4) is 0 Å². The number of nitrogens with zero attached hydrogens (tertiary/aromatic N) is 1. The molecule has 2 saturated heterocycles. The van der Waals surface area contributed by atoms with Crippen LogP contribution in [0.25, 0.3) is 0 Å². The second kappa shape index (κ2) is 4.82. The number of sulfonamides is 1. The molecule has 1 aromatic rings. The first kappa shape index (κ1) is 14.6. The minimum absolute atomic E-state index is 0.0444. The van der Waals surface area contributed by atoms with E-state index in [4.69, 9.17) is 9.84 Å². The van der Waals surface area contributed by atoms with Crippen LogP contribution in [0, 0.1) is 13.8 Å². The zero-order valence-electron chi connectivity index (χ0n) is 11.9. The van der Waals surface area contributed by atoms with E-state index in [9.17, 15) is 13.2 Å². The molecule has 2 aliphatic rings. The van der Waals surface area contributed by atoms with Crippen molar-refractivity contribution in [2.45, 2.75) is 43.8 Å². The summed E-state index contributed by atoms with van der Waals surface area (Å²) >= 11 is 0. The molecule has 2 N–H and O–H groups in total. The summed E-state index contributed by atoms with van der Waals surface area (Å²) in [5, 5.41) is 9.11. The number of fused-ring (bicyclic) bond motifs is 2. The molecule has 0 amide bonds. The molecule has 7 nitrogen and oxygen atoms in total. The van der Waals surface area contributed by atoms with Crippen molar-refractivity contribution < 1.29 is 23.1 Å². The average Bonchev–Trinajstić information content (AvgIpc) is 2.89. The molecule has 2 bridgehead atoms. The number of hydrogen-bond acceptors (Lipinski definition) is 4. The first-order valence-corrected chi connectivity index (χ1v) is 8.32. The number of carboxylic acids is 1. The standard InChI is InChI=1S/C13H18N2O5S/c1-7-11(13(16)17)14-8(2)12(7)21(18,19)15-5-9-3-4-10(6-15)20-9/h9-10,14H,3-6H2,1-2H3,(H,16,17). The normalized spacial score (nSPS) is 26.2. The Bertz CT molecular complexity index is 682. The largest absolute Gasteiger partial charge is 0.477 e. The Morgan fingerprint density at radius 3 is 2.33 bits per heavy atom. The maximum atomic E-state index is 12.8. The number of H-pyrrole nitrogens is 1. The quantitative estimate of drug-likeness (QED) is 0.863. The van der Waals surface area contributed by atoms with Crippen LogP contribution < -0.4 is 0 Å². The van der Waals surface area contributed by atoms with E-state index in [1.165, 1.54) is 11.2 Å². The summed E-state index contributed by atoms with van der Waals surface area (Å²) in [6.07, 6.45) is 1.67. The zero-order valence-corrected chi connectivity index (χ0v) is 12.7. The molecule has 1 aromatic heterocycles. The molecule has 2 fully saturated rings. The molecule has 0 spiro atoms. The van der Waals surface area contributed by atoms with Gasteiger partial charge in [-0.3, -0.25) is 0 Å². The molecule has 2 unspecified atom stereocenters. The van der Waals surface area contributed by atoms with Crippen molar-refractivity contribution in [3.05, 3.63) is 17.0 Å². The second-order valence-corrected chi connectivity index (χ2v) is 7.54. The van der Waals surface area contributed by atoms with Crippen molar-refractivity contribution in [3.63, 3.8) is 0 Å². The van der Waals surface area contributed by atoms with Crippen LogP contribution in [-0.2, 0) is 14.8 Å². The van der Waals surface area contributed by atoms with Gasteiger partial charge in [0.1, 0.15) is 10.6 Å². The lowest BCUT2D eigenvalue weighted by Crippen LogP contribution is -2.45. The van der Waals surface area contributed by atoms with Crippen molar-refractivity contribution >= 4 is 16.0 Å². The molecular weight excluding hydrogens is 296 g/mol. The van der Waals surface area contributed by atoms with Gasteiger partial charge in [-0.1, -0.05) is 0 Å². The van der Waals surface area contributed by atoms with Crippen LogP contribution in [0.3, 0.4) is 0 Å². The summed E-state index contributed by atoms with van der Waals surface area (Å²) in [6, 6.07) is 0. The molecule has 0 saturated carbocycles. The number of aryl methyl sites for hydroxylation is 1. The Hall–Kier alpha value is -1.38. The number of rotatable bonds is 3. The van der Waals surface area contributed by atoms with Gasteiger partial charge < -0.3 is 14.8 Å². The van der Waals surface area contributed by atoms with Gasteiger partial charge in [-0.05, 0) is 26.7 Å². The monoisotopic (exact) mass is 314 g/mol. The lowest BCUT2D eigenvalue weighted by atomic mass is 10.2. The van der Waals surface area contributed by atoms with Crippen molar-refractivity contribution in [1.29, 1.82) is 0 Å². The SMILES string of the molecule is Cc1[nH]c(C(=O)O)c(C)c1S(=O)(=O)N1CC2CCC(C1)O2. The molecule has 21 heavy (non-hydrogen) atoms. The molecular formula is C13H18N2O5S. The van der Waals surface area contributed by atoms with Crippen molar-refractivity contribution in [2.75, 3.05) is 13.1 Å². The molecule has 8 heteroatoms.